The monoisotopic (exact) mass is 266 g/mol. The molecule has 0 spiro atoms. The van der Waals surface area contributed by atoms with E-state index in [1.165, 1.54) is 6.20 Å². The van der Waals surface area contributed by atoms with E-state index >= 15 is 0 Å². The molecule has 1 aliphatic heterocycles. The number of likely N-dealkylation sites (tertiary alicyclic amines) is 1. The average Bonchev–Trinajstić information content (AvgIpc) is 2.92. The average molecular weight is 266 g/mol. The standard InChI is InChI=1S/C12H18N4O3/c1-2-19-12(18)15-10-4-3-5-16(8-10)11(17)9-6-13-14-7-9/h6-7,10H,2-5,8H2,1H3,(H,13,14)(H,15,18). The Morgan fingerprint density at radius 2 is 2.47 bits per heavy atom. The molecule has 2 N–H and O–H groups in total. The molecule has 1 aromatic heterocycles. The number of piperidine rings is 1. The third-order valence-electron chi connectivity index (χ3n) is 3.05. The molecule has 0 bridgehead atoms. The van der Waals surface area contributed by atoms with Crippen molar-refractivity contribution in [3.8, 4) is 0 Å². The maximum Gasteiger partial charge on any atom is 0.407 e. The number of amides is 2. The molecule has 104 valence electrons. The first kappa shape index (κ1) is 13.4. The number of aromatic nitrogens is 2. The van der Waals surface area contributed by atoms with Crippen molar-refractivity contribution in [3.63, 3.8) is 0 Å². The quantitative estimate of drug-likeness (QED) is 0.845. The Hall–Kier alpha value is -2.05. The van der Waals surface area contributed by atoms with Gasteiger partial charge in [0.1, 0.15) is 0 Å². The summed E-state index contributed by atoms with van der Waals surface area (Å²) < 4.78 is 4.84. The Morgan fingerprint density at radius 3 is 3.16 bits per heavy atom. The molecule has 7 nitrogen and oxygen atoms in total. The second-order valence-corrected chi connectivity index (χ2v) is 4.44. The minimum atomic E-state index is -0.426. The van der Waals surface area contributed by atoms with E-state index in [1.54, 1.807) is 18.0 Å². The molecule has 0 aliphatic carbocycles. The van der Waals surface area contributed by atoms with Gasteiger partial charge in [0.15, 0.2) is 0 Å². The minimum Gasteiger partial charge on any atom is -0.450 e. The van der Waals surface area contributed by atoms with E-state index in [0.717, 1.165) is 12.8 Å². The van der Waals surface area contributed by atoms with Gasteiger partial charge in [-0.1, -0.05) is 0 Å². The van der Waals surface area contributed by atoms with E-state index in [2.05, 4.69) is 15.5 Å². The molecule has 1 aromatic rings. The molecule has 0 aromatic carbocycles. The zero-order valence-electron chi connectivity index (χ0n) is 10.9. The second-order valence-electron chi connectivity index (χ2n) is 4.44. The predicted octanol–water partition coefficient (Wildman–Crippen LogP) is 0.760. The summed E-state index contributed by atoms with van der Waals surface area (Å²) >= 11 is 0. The Balaban J connectivity index is 1.90. The molecule has 0 saturated carbocycles. The summed E-state index contributed by atoms with van der Waals surface area (Å²) in [6.45, 7) is 3.30. The number of ether oxygens (including phenoxy) is 1. The zero-order chi connectivity index (χ0) is 13.7. The number of rotatable bonds is 3. The van der Waals surface area contributed by atoms with Crippen LogP contribution in [-0.2, 0) is 4.74 Å². The smallest absolute Gasteiger partial charge is 0.407 e. The van der Waals surface area contributed by atoms with Crippen LogP contribution in [-0.4, -0.2) is 52.8 Å². The van der Waals surface area contributed by atoms with Crippen molar-refractivity contribution in [2.45, 2.75) is 25.8 Å². The van der Waals surface area contributed by atoms with Crippen LogP contribution in [0.3, 0.4) is 0 Å². The summed E-state index contributed by atoms with van der Waals surface area (Å²) in [5, 5.41) is 9.16. The Kier molecular flexibility index (Phi) is 4.38. The number of alkyl carbamates (subject to hydrolysis) is 1. The van der Waals surface area contributed by atoms with Crippen LogP contribution in [0.5, 0.6) is 0 Å². The van der Waals surface area contributed by atoms with Gasteiger partial charge in [-0.25, -0.2) is 4.79 Å². The maximum atomic E-state index is 12.1. The van der Waals surface area contributed by atoms with Gasteiger partial charge in [0, 0.05) is 25.3 Å². The molecule has 0 radical (unpaired) electrons. The zero-order valence-corrected chi connectivity index (χ0v) is 10.9. The maximum absolute atomic E-state index is 12.1. The van der Waals surface area contributed by atoms with Crippen LogP contribution in [0, 0.1) is 0 Å². The summed E-state index contributed by atoms with van der Waals surface area (Å²) in [6.07, 6.45) is 4.37. The third kappa shape index (κ3) is 3.46. The van der Waals surface area contributed by atoms with E-state index in [-0.39, 0.29) is 11.9 Å². The summed E-state index contributed by atoms with van der Waals surface area (Å²) in [7, 11) is 0. The van der Waals surface area contributed by atoms with Gasteiger partial charge in [-0.05, 0) is 19.8 Å². The lowest BCUT2D eigenvalue weighted by molar-refractivity contribution is 0.0686. The van der Waals surface area contributed by atoms with Gasteiger partial charge in [-0.3, -0.25) is 9.89 Å². The van der Waals surface area contributed by atoms with Crippen LogP contribution in [0.1, 0.15) is 30.1 Å². The van der Waals surface area contributed by atoms with Crippen molar-refractivity contribution < 1.29 is 14.3 Å². The van der Waals surface area contributed by atoms with Crippen molar-refractivity contribution in [2.75, 3.05) is 19.7 Å². The molecule has 2 heterocycles. The summed E-state index contributed by atoms with van der Waals surface area (Å²) in [6, 6.07) is -0.0522. The largest absolute Gasteiger partial charge is 0.450 e. The highest BCUT2D eigenvalue weighted by Crippen LogP contribution is 2.13. The first-order valence-electron chi connectivity index (χ1n) is 6.42. The lowest BCUT2D eigenvalue weighted by Gasteiger charge is -2.32. The highest BCUT2D eigenvalue weighted by molar-refractivity contribution is 5.93. The molecule has 1 fully saturated rings. The van der Waals surface area contributed by atoms with Crippen LogP contribution in [0.15, 0.2) is 12.4 Å². The molecule has 2 rings (SSSR count). The molecule has 2 amide bonds. The van der Waals surface area contributed by atoms with Crippen LogP contribution in [0.25, 0.3) is 0 Å². The molecular formula is C12H18N4O3. The first-order chi connectivity index (χ1) is 9.20. The van der Waals surface area contributed by atoms with Gasteiger partial charge >= 0.3 is 6.09 Å². The van der Waals surface area contributed by atoms with Gasteiger partial charge in [0.25, 0.3) is 5.91 Å². The van der Waals surface area contributed by atoms with E-state index in [4.69, 9.17) is 4.74 Å². The van der Waals surface area contributed by atoms with Crippen molar-refractivity contribution in [3.05, 3.63) is 18.0 Å². The van der Waals surface area contributed by atoms with Crippen molar-refractivity contribution in [1.82, 2.24) is 20.4 Å². The van der Waals surface area contributed by atoms with Gasteiger partial charge in [-0.15, -0.1) is 0 Å². The van der Waals surface area contributed by atoms with E-state index in [0.29, 0.717) is 25.3 Å². The number of carbonyl (C=O) groups is 2. The Morgan fingerprint density at radius 1 is 1.63 bits per heavy atom. The Labute approximate surface area is 111 Å². The van der Waals surface area contributed by atoms with Crippen molar-refractivity contribution >= 4 is 12.0 Å². The van der Waals surface area contributed by atoms with Crippen molar-refractivity contribution in [1.29, 1.82) is 0 Å². The SMILES string of the molecule is CCOC(=O)NC1CCCN(C(=O)c2cn[nH]c2)C1. The van der Waals surface area contributed by atoms with E-state index in [1.807, 2.05) is 0 Å². The highest BCUT2D eigenvalue weighted by atomic mass is 16.5. The normalized spacial score (nSPS) is 19.0. The van der Waals surface area contributed by atoms with Crippen molar-refractivity contribution in [2.24, 2.45) is 0 Å². The number of H-pyrrole nitrogens is 1. The number of aromatic amines is 1. The fourth-order valence-electron chi connectivity index (χ4n) is 2.17. The summed E-state index contributed by atoms with van der Waals surface area (Å²) in [4.78, 5) is 25.2. The number of hydrogen-bond donors (Lipinski definition) is 2. The molecular weight excluding hydrogens is 248 g/mol. The molecule has 19 heavy (non-hydrogen) atoms. The molecule has 1 unspecified atom stereocenters. The van der Waals surface area contributed by atoms with Crippen LogP contribution < -0.4 is 5.32 Å². The molecule has 7 heteroatoms. The number of hydrogen-bond acceptors (Lipinski definition) is 4. The lowest BCUT2D eigenvalue weighted by atomic mass is 10.1. The Bertz CT molecular complexity index is 432. The van der Waals surface area contributed by atoms with E-state index in [9.17, 15) is 9.59 Å². The first-order valence-corrected chi connectivity index (χ1v) is 6.42. The number of carbonyl (C=O) groups excluding carboxylic acids is 2. The third-order valence-corrected chi connectivity index (χ3v) is 3.05. The molecule has 1 saturated heterocycles. The van der Waals surface area contributed by atoms with Gasteiger partial charge in [0.2, 0.25) is 0 Å². The fourth-order valence-corrected chi connectivity index (χ4v) is 2.17. The van der Waals surface area contributed by atoms with Crippen LogP contribution >= 0.6 is 0 Å². The number of nitrogens with one attached hydrogen (secondary N) is 2. The predicted molar refractivity (Wildman–Crippen MR) is 67.7 cm³/mol. The second kappa shape index (κ2) is 6.21. The van der Waals surface area contributed by atoms with Crippen LogP contribution in [0.2, 0.25) is 0 Å². The summed E-state index contributed by atoms with van der Waals surface area (Å²) in [5.41, 5.74) is 0.539. The number of nitrogens with zero attached hydrogens (tertiary/aromatic N) is 2. The minimum absolute atomic E-state index is 0.0522. The van der Waals surface area contributed by atoms with Crippen LogP contribution in [0.4, 0.5) is 4.79 Å². The summed E-state index contributed by atoms with van der Waals surface area (Å²) in [5.74, 6) is -0.0656. The lowest BCUT2D eigenvalue weighted by Crippen LogP contribution is -2.49. The van der Waals surface area contributed by atoms with Gasteiger partial charge in [-0.2, -0.15) is 5.10 Å². The van der Waals surface area contributed by atoms with Gasteiger partial charge in [0.05, 0.1) is 18.4 Å². The van der Waals surface area contributed by atoms with Gasteiger partial charge < -0.3 is 15.0 Å². The molecule has 1 atom stereocenters. The molecule has 1 aliphatic rings. The van der Waals surface area contributed by atoms with E-state index < -0.39 is 6.09 Å². The topological polar surface area (TPSA) is 87.3 Å². The fraction of sp³-hybridized carbons (Fsp3) is 0.583. The highest BCUT2D eigenvalue weighted by Gasteiger charge is 2.26.